The highest BCUT2D eigenvalue weighted by atomic mass is 32.1. The van der Waals surface area contributed by atoms with E-state index in [4.69, 9.17) is 10.6 Å². The molecule has 18 heteroatoms. The fourth-order valence-corrected chi connectivity index (χ4v) is 10.6. The van der Waals surface area contributed by atoms with Crippen LogP contribution in [0.2, 0.25) is 0 Å². The number of nitrogen functional groups attached to an aromatic ring is 1. The minimum absolute atomic E-state index is 0.0369. The summed E-state index contributed by atoms with van der Waals surface area (Å²) < 4.78 is 14.7. The summed E-state index contributed by atoms with van der Waals surface area (Å²) in [4.78, 5) is 76.6. The molecule has 0 spiro atoms. The molecule has 9 rings (SSSR count). The highest BCUT2D eigenvalue weighted by molar-refractivity contribution is 7.14. The molecule has 3 amide bonds. The Morgan fingerprint density at radius 2 is 1.62 bits per heavy atom. The molecule has 1 aliphatic rings. The van der Waals surface area contributed by atoms with Crippen molar-refractivity contribution in [2.45, 2.75) is 39.3 Å². The summed E-state index contributed by atoms with van der Waals surface area (Å²) >= 11 is 1.58. The number of fused-ring (bicyclic) bond motifs is 2. The van der Waals surface area contributed by atoms with Crippen molar-refractivity contribution >= 4 is 68.1 Å². The van der Waals surface area contributed by atoms with Crippen molar-refractivity contribution in [1.29, 1.82) is 0 Å². The molecule has 1 fully saturated rings. The number of carbonyl (C=O) groups excluding carboxylic acids is 3. The number of benzene rings is 5. The molecule has 8 aromatic rings. The molecule has 16 nitrogen and oxygen atoms in total. The van der Waals surface area contributed by atoms with E-state index in [0.717, 1.165) is 82.3 Å². The number of piperazine rings is 1. The van der Waals surface area contributed by atoms with Gasteiger partial charge in [0, 0.05) is 84.0 Å². The third-order valence-corrected chi connectivity index (χ3v) is 15.3. The van der Waals surface area contributed by atoms with Gasteiger partial charge in [-0.05, 0) is 89.1 Å². The Kier molecular flexibility index (Phi) is 16.9. The first-order chi connectivity index (χ1) is 37.1. The second kappa shape index (κ2) is 24.1. The van der Waals surface area contributed by atoms with Gasteiger partial charge in [0.15, 0.2) is 0 Å². The normalized spacial score (nSPS) is 13.6. The van der Waals surface area contributed by atoms with Gasteiger partial charge in [0.05, 0.1) is 44.8 Å². The van der Waals surface area contributed by atoms with Gasteiger partial charge in [-0.15, -0.1) is 11.3 Å². The van der Waals surface area contributed by atoms with E-state index in [1.54, 1.807) is 36.6 Å². The summed E-state index contributed by atoms with van der Waals surface area (Å²) in [6.07, 6.45) is 0.736. The highest BCUT2D eigenvalue weighted by Gasteiger charge is 2.29. The van der Waals surface area contributed by atoms with Crippen LogP contribution in [0.4, 0.5) is 21.5 Å². The number of nitrogens with zero attached hydrogens (tertiary/aromatic N) is 5. The number of anilines is 3. The molecule has 7 N–H and O–H groups in total. The van der Waals surface area contributed by atoms with Gasteiger partial charge in [0.2, 0.25) is 17.7 Å². The van der Waals surface area contributed by atoms with E-state index in [2.05, 4.69) is 88.1 Å². The molecule has 0 aliphatic carbocycles. The van der Waals surface area contributed by atoms with Crippen LogP contribution in [0, 0.1) is 11.2 Å². The molecular formula is C59H66FN11O5S. The predicted octanol–water partition coefficient (Wildman–Crippen LogP) is 8.65. The minimum Gasteiger partial charge on any atom is -0.397 e. The van der Waals surface area contributed by atoms with Gasteiger partial charge in [-0.2, -0.15) is 5.06 Å². The van der Waals surface area contributed by atoms with Crippen LogP contribution in [-0.2, 0) is 25.8 Å². The van der Waals surface area contributed by atoms with Crippen LogP contribution < -0.4 is 32.1 Å². The van der Waals surface area contributed by atoms with Gasteiger partial charge in [-0.25, -0.2) is 9.37 Å². The van der Waals surface area contributed by atoms with Crippen LogP contribution in [0.3, 0.4) is 0 Å². The van der Waals surface area contributed by atoms with E-state index >= 15 is 0 Å². The topological polar surface area (TPSA) is 197 Å². The number of hydroxylamine groups is 2. The van der Waals surface area contributed by atoms with Crippen molar-refractivity contribution < 1.29 is 23.6 Å². The molecule has 0 bridgehead atoms. The molecular weight excluding hydrogens is 994 g/mol. The number of likely N-dealkylation sites (N-methyl/N-ethyl adjacent to an activating group) is 2. The molecule has 0 radical (unpaired) electrons. The van der Waals surface area contributed by atoms with E-state index in [0.29, 0.717) is 43.7 Å². The maximum Gasteiger partial charge on any atom is 0.261 e. The number of aromatic nitrogens is 3. The van der Waals surface area contributed by atoms with Gasteiger partial charge in [0.25, 0.3) is 5.56 Å². The Morgan fingerprint density at radius 1 is 0.870 bits per heavy atom. The average Bonchev–Trinajstić information content (AvgIpc) is 4.09. The van der Waals surface area contributed by atoms with Gasteiger partial charge in [-0.1, -0.05) is 92.7 Å². The summed E-state index contributed by atoms with van der Waals surface area (Å²) in [5, 5.41) is 12.8. The number of amides is 3. The predicted molar refractivity (Wildman–Crippen MR) is 306 cm³/mol. The number of rotatable bonds is 21. The molecule has 5 aromatic carbocycles. The Bertz CT molecular complexity index is 3430. The third-order valence-electron chi connectivity index (χ3n) is 14.3. The molecule has 4 heterocycles. The largest absolute Gasteiger partial charge is 0.397 e. The number of nitrogens with one attached hydrogen (secondary N) is 5. The highest BCUT2D eigenvalue weighted by Crippen LogP contribution is 2.38. The van der Waals surface area contributed by atoms with Gasteiger partial charge in [-0.3, -0.25) is 33.8 Å². The quantitative estimate of drug-likeness (QED) is 0.0377. The fourth-order valence-electron chi connectivity index (χ4n) is 9.77. The van der Waals surface area contributed by atoms with Gasteiger partial charge >= 0.3 is 0 Å². The standard InChI is InChI=1S/C59H66FN11O5S/c1-59(2,58(75)67-47-24-34-77-54(47)42-14-9-13-41(35-42)39-19-17-38(18-20-39)37-68(4)53(57(74)62-3)40-11-7-6-8-12-40)25-33-76-69(5)27-23-49(72)63-26-28-70-29-31-71(32-30-70)43-21-22-45-48(36-43)65-55(64-45)51-52(61)50-44(60)15-10-16-46(50)66-56(51)73/h6-22,24,34-36,53H,23,25-33,37H2,1-5H3,(H,62,74)(H,63,72)(H,64,65)(H,67,75)(H3,61,66,73). The van der Waals surface area contributed by atoms with Crippen LogP contribution in [0.25, 0.3) is 54.9 Å². The fraction of sp³-hybridized carbons (Fsp3) is 0.305. The second-order valence-electron chi connectivity index (χ2n) is 20.2. The van der Waals surface area contributed by atoms with Crippen LogP contribution in [0.15, 0.2) is 132 Å². The lowest BCUT2D eigenvalue weighted by atomic mass is 9.88. The first kappa shape index (κ1) is 54.1. The first-order valence-electron chi connectivity index (χ1n) is 25.9. The van der Waals surface area contributed by atoms with Crippen LogP contribution in [0.5, 0.6) is 0 Å². The van der Waals surface area contributed by atoms with Crippen molar-refractivity contribution in [3.63, 3.8) is 0 Å². The lowest BCUT2D eigenvalue weighted by Crippen LogP contribution is -2.48. The van der Waals surface area contributed by atoms with Crippen molar-refractivity contribution in [2.24, 2.45) is 5.41 Å². The zero-order chi connectivity index (χ0) is 54.2. The zero-order valence-electron chi connectivity index (χ0n) is 44.1. The first-order valence-corrected chi connectivity index (χ1v) is 26.8. The van der Waals surface area contributed by atoms with E-state index in [1.165, 1.54) is 12.1 Å². The molecule has 1 unspecified atom stereocenters. The molecule has 77 heavy (non-hydrogen) atoms. The third kappa shape index (κ3) is 12.8. The summed E-state index contributed by atoms with van der Waals surface area (Å²) in [6.45, 7) is 9.58. The number of hydrogen-bond donors (Lipinski definition) is 6. The monoisotopic (exact) mass is 1060 g/mol. The van der Waals surface area contributed by atoms with Crippen molar-refractivity contribution in [2.75, 3.05) is 89.5 Å². The smallest absolute Gasteiger partial charge is 0.261 e. The maximum absolute atomic E-state index is 14.7. The number of carbonyl (C=O) groups is 3. The number of imidazole rings is 1. The van der Waals surface area contributed by atoms with E-state index in [9.17, 15) is 23.6 Å². The van der Waals surface area contributed by atoms with Crippen LogP contribution in [0.1, 0.15) is 43.9 Å². The molecule has 0 saturated carbocycles. The Labute approximate surface area is 451 Å². The molecule has 400 valence electrons. The summed E-state index contributed by atoms with van der Waals surface area (Å²) in [5.41, 5.74) is 13.9. The maximum atomic E-state index is 14.7. The summed E-state index contributed by atoms with van der Waals surface area (Å²) in [7, 11) is 5.42. The van der Waals surface area contributed by atoms with Gasteiger partial charge < -0.3 is 36.6 Å². The number of pyridine rings is 1. The summed E-state index contributed by atoms with van der Waals surface area (Å²) in [6, 6.07) is 38.4. The molecule has 1 aliphatic heterocycles. The van der Waals surface area contributed by atoms with Gasteiger partial charge in [0.1, 0.15) is 23.2 Å². The van der Waals surface area contributed by atoms with Crippen molar-refractivity contribution in [3.8, 4) is 33.0 Å². The molecule has 1 saturated heterocycles. The number of halogens is 1. The number of H-pyrrole nitrogens is 2. The number of hydrogen-bond acceptors (Lipinski definition) is 12. The van der Waals surface area contributed by atoms with Crippen LogP contribution >= 0.6 is 11.3 Å². The number of thiophene rings is 1. The van der Waals surface area contributed by atoms with E-state index < -0.39 is 22.8 Å². The SMILES string of the molecule is CNC(=O)C(c1ccccc1)N(C)Cc1ccc(-c2cccc(-c3sccc3NC(=O)C(C)(C)CCON(C)CCC(=O)NCCN3CCN(c4ccc5nc(-c6c(N)c7c(F)cccc7[nH]c6=O)[nH]c5c4)CC3)c2)cc1. The number of nitrogens with two attached hydrogens (primary N) is 1. The second-order valence-corrected chi connectivity index (χ2v) is 21.1. The lowest BCUT2D eigenvalue weighted by Gasteiger charge is -2.36. The van der Waals surface area contributed by atoms with Crippen molar-refractivity contribution in [3.05, 3.63) is 154 Å². The molecule has 1 atom stereocenters. The van der Waals surface area contributed by atoms with Crippen LogP contribution in [-0.4, -0.2) is 121 Å². The Morgan fingerprint density at radius 3 is 2.39 bits per heavy atom. The average molecular weight is 1060 g/mol. The Hall–Kier alpha value is -7.74. The van der Waals surface area contributed by atoms with E-state index in [-0.39, 0.29) is 46.6 Å². The van der Waals surface area contributed by atoms with E-state index in [1.807, 2.05) is 86.9 Å². The number of aromatic amines is 2. The zero-order valence-corrected chi connectivity index (χ0v) is 44.9. The lowest BCUT2D eigenvalue weighted by molar-refractivity contribution is -0.153. The minimum atomic E-state index is -0.736. The Balaban J connectivity index is 0.681. The van der Waals surface area contributed by atoms with Crippen molar-refractivity contribution in [1.82, 2.24) is 40.4 Å². The summed E-state index contributed by atoms with van der Waals surface area (Å²) in [5.74, 6) is -0.471. The molecule has 3 aromatic heterocycles.